The lowest BCUT2D eigenvalue weighted by molar-refractivity contribution is -0.120. The van der Waals surface area contributed by atoms with Gasteiger partial charge >= 0.3 is 7.12 Å². The average Bonchev–Trinajstić information content (AvgIpc) is 3.06. The molecule has 1 amide bonds. The molecule has 1 aliphatic rings. The molecule has 6 nitrogen and oxygen atoms in total. The van der Waals surface area contributed by atoms with E-state index in [1.807, 2.05) is 18.2 Å². The van der Waals surface area contributed by atoms with Gasteiger partial charge in [0.2, 0.25) is 5.91 Å². The van der Waals surface area contributed by atoms with Gasteiger partial charge in [0, 0.05) is 11.5 Å². The summed E-state index contributed by atoms with van der Waals surface area (Å²) >= 11 is 6.12. The predicted molar refractivity (Wildman–Crippen MR) is 101 cm³/mol. The van der Waals surface area contributed by atoms with E-state index in [1.165, 1.54) is 0 Å². The Morgan fingerprint density at radius 2 is 2.11 bits per heavy atom. The second-order valence-electron chi connectivity index (χ2n) is 6.44. The SMILES string of the molecule is N#Cc1ccccc1CC(=O)NC(CC1COc2c(Cl)cccc21)B(O)O. The van der Waals surface area contributed by atoms with Crippen molar-refractivity contribution in [1.82, 2.24) is 5.32 Å². The topological polar surface area (TPSA) is 103 Å². The van der Waals surface area contributed by atoms with E-state index in [0.717, 1.165) is 5.56 Å². The summed E-state index contributed by atoms with van der Waals surface area (Å²) in [5.41, 5.74) is 1.89. The second-order valence-corrected chi connectivity index (χ2v) is 6.84. The molecule has 2 aromatic rings. The highest BCUT2D eigenvalue weighted by Gasteiger charge is 2.33. The van der Waals surface area contributed by atoms with Gasteiger partial charge in [-0.2, -0.15) is 5.26 Å². The molecule has 8 heteroatoms. The summed E-state index contributed by atoms with van der Waals surface area (Å²) in [4.78, 5) is 12.4. The Hall–Kier alpha value is -2.53. The molecule has 0 bridgehead atoms. The van der Waals surface area contributed by atoms with Gasteiger partial charge in [0.05, 0.1) is 35.6 Å². The molecule has 2 aromatic carbocycles. The third-order valence-corrected chi connectivity index (χ3v) is 4.90. The Morgan fingerprint density at radius 3 is 2.85 bits per heavy atom. The Bertz CT molecular complexity index is 884. The van der Waals surface area contributed by atoms with Crippen molar-refractivity contribution < 1.29 is 19.6 Å². The molecule has 1 aliphatic heterocycles. The molecule has 0 spiro atoms. The van der Waals surface area contributed by atoms with Crippen molar-refractivity contribution in [2.75, 3.05) is 6.61 Å². The standard InChI is InChI=1S/C19H18BClN2O4/c21-16-7-3-6-15-14(11-27-19(15)16)8-17(20(25)26)23-18(24)9-12-4-1-2-5-13(12)10-22/h1-7,14,17,25-26H,8-9,11H2,(H,23,24). The van der Waals surface area contributed by atoms with Crippen molar-refractivity contribution in [3.8, 4) is 11.8 Å². The number of amides is 1. The lowest BCUT2D eigenvalue weighted by atomic mass is 9.73. The van der Waals surface area contributed by atoms with E-state index >= 15 is 0 Å². The zero-order valence-electron chi connectivity index (χ0n) is 14.4. The zero-order chi connectivity index (χ0) is 19.4. The molecular weight excluding hydrogens is 366 g/mol. The Balaban J connectivity index is 1.68. The highest BCUT2D eigenvalue weighted by molar-refractivity contribution is 6.43. The van der Waals surface area contributed by atoms with Crippen LogP contribution in [0.2, 0.25) is 5.02 Å². The number of carbonyl (C=O) groups is 1. The molecule has 0 fully saturated rings. The molecule has 3 rings (SSSR count). The van der Waals surface area contributed by atoms with Crippen molar-refractivity contribution in [3.05, 3.63) is 64.2 Å². The van der Waals surface area contributed by atoms with Crippen LogP contribution < -0.4 is 10.1 Å². The lowest BCUT2D eigenvalue weighted by Gasteiger charge is -2.21. The molecule has 138 valence electrons. The van der Waals surface area contributed by atoms with Gasteiger partial charge < -0.3 is 20.1 Å². The van der Waals surface area contributed by atoms with Crippen molar-refractivity contribution in [2.45, 2.75) is 24.7 Å². The Labute approximate surface area is 162 Å². The van der Waals surface area contributed by atoms with Crippen molar-refractivity contribution in [2.24, 2.45) is 0 Å². The summed E-state index contributed by atoms with van der Waals surface area (Å²) in [6, 6.07) is 14.3. The molecule has 0 radical (unpaired) electrons. The smallest absolute Gasteiger partial charge is 0.475 e. The van der Waals surface area contributed by atoms with E-state index in [9.17, 15) is 14.8 Å². The molecule has 0 aliphatic carbocycles. The van der Waals surface area contributed by atoms with E-state index in [0.29, 0.717) is 28.5 Å². The Morgan fingerprint density at radius 1 is 1.33 bits per heavy atom. The average molecular weight is 385 g/mol. The summed E-state index contributed by atoms with van der Waals surface area (Å²) in [6.45, 7) is 0.357. The molecule has 27 heavy (non-hydrogen) atoms. The number of benzene rings is 2. The number of carbonyl (C=O) groups excluding carboxylic acids is 1. The molecular formula is C19H18BClN2O4. The number of fused-ring (bicyclic) bond motifs is 1. The van der Waals surface area contributed by atoms with Crippen LogP contribution in [0.5, 0.6) is 5.75 Å². The minimum Gasteiger partial charge on any atom is -0.491 e. The van der Waals surface area contributed by atoms with E-state index in [4.69, 9.17) is 21.6 Å². The highest BCUT2D eigenvalue weighted by Crippen LogP contribution is 2.41. The van der Waals surface area contributed by atoms with Crippen LogP contribution in [-0.4, -0.2) is 35.6 Å². The van der Waals surface area contributed by atoms with Crippen molar-refractivity contribution in [1.29, 1.82) is 5.26 Å². The third-order valence-electron chi connectivity index (χ3n) is 4.60. The maximum absolute atomic E-state index is 12.4. The van der Waals surface area contributed by atoms with Gasteiger partial charge in [-0.25, -0.2) is 0 Å². The third kappa shape index (κ3) is 4.42. The van der Waals surface area contributed by atoms with Crippen LogP contribution in [0.15, 0.2) is 42.5 Å². The summed E-state index contributed by atoms with van der Waals surface area (Å²) < 4.78 is 5.61. The fourth-order valence-electron chi connectivity index (χ4n) is 3.24. The maximum Gasteiger partial charge on any atom is 0.475 e. The predicted octanol–water partition coefficient (Wildman–Crippen LogP) is 1.82. The summed E-state index contributed by atoms with van der Waals surface area (Å²) in [6.07, 6.45) is 0.271. The number of hydrogen-bond donors (Lipinski definition) is 3. The number of rotatable bonds is 6. The summed E-state index contributed by atoms with van der Waals surface area (Å²) in [5, 5.41) is 31.7. The van der Waals surface area contributed by atoms with Crippen LogP contribution in [-0.2, 0) is 11.2 Å². The van der Waals surface area contributed by atoms with Crippen LogP contribution in [0, 0.1) is 11.3 Å². The number of nitrogens with zero attached hydrogens (tertiary/aromatic N) is 1. The highest BCUT2D eigenvalue weighted by atomic mass is 35.5. The molecule has 0 saturated carbocycles. The van der Waals surface area contributed by atoms with Gasteiger partial charge in [-0.05, 0) is 24.1 Å². The van der Waals surface area contributed by atoms with Crippen molar-refractivity contribution in [3.63, 3.8) is 0 Å². The second kappa shape index (κ2) is 8.44. The van der Waals surface area contributed by atoms with Gasteiger partial charge in [-0.15, -0.1) is 0 Å². The first-order chi connectivity index (χ1) is 13.0. The minimum atomic E-state index is -1.72. The van der Waals surface area contributed by atoms with Gasteiger partial charge in [0.25, 0.3) is 0 Å². The fraction of sp³-hybridized carbons (Fsp3) is 0.263. The van der Waals surface area contributed by atoms with Gasteiger partial charge in [0.1, 0.15) is 5.75 Å². The van der Waals surface area contributed by atoms with Crippen LogP contribution >= 0.6 is 11.6 Å². The first kappa shape index (κ1) is 19.2. The number of nitriles is 1. The number of para-hydroxylation sites is 1. The van der Waals surface area contributed by atoms with Gasteiger partial charge in [-0.3, -0.25) is 4.79 Å². The van der Waals surface area contributed by atoms with Crippen LogP contribution in [0.25, 0.3) is 0 Å². The van der Waals surface area contributed by atoms with E-state index in [-0.39, 0.29) is 24.7 Å². The number of nitrogens with one attached hydrogen (secondary N) is 1. The molecule has 0 aromatic heterocycles. The largest absolute Gasteiger partial charge is 0.491 e. The number of hydrogen-bond acceptors (Lipinski definition) is 5. The quantitative estimate of drug-likeness (QED) is 0.659. The first-order valence-corrected chi connectivity index (χ1v) is 8.92. The molecule has 1 heterocycles. The van der Waals surface area contributed by atoms with Gasteiger partial charge in [-0.1, -0.05) is 41.9 Å². The molecule has 3 N–H and O–H groups in total. The van der Waals surface area contributed by atoms with Crippen LogP contribution in [0.4, 0.5) is 0 Å². The summed E-state index contributed by atoms with van der Waals surface area (Å²) in [5.74, 6) is -0.770. The van der Waals surface area contributed by atoms with E-state index in [2.05, 4.69) is 5.32 Å². The number of ether oxygens (including phenoxy) is 1. The Kier molecular flexibility index (Phi) is 6.02. The minimum absolute atomic E-state index is 0.0173. The molecule has 2 unspecified atom stereocenters. The molecule has 0 saturated heterocycles. The molecule has 2 atom stereocenters. The lowest BCUT2D eigenvalue weighted by Crippen LogP contribution is -2.48. The van der Waals surface area contributed by atoms with E-state index < -0.39 is 13.1 Å². The van der Waals surface area contributed by atoms with E-state index in [1.54, 1.807) is 30.3 Å². The van der Waals surface area contributed by atoms with Gasteiger partial charge in [0.15, 0.2) is 0 Å². The number of halogens is 1. The zero-order valence-corrected chi connectivity index (χ0v) is 15.2. The normalized spacial score (nSPS) is 16.0. The summed E-state index contributed by atoms with van der Waals surface area (Å²) in [7, 11) is -1.72. The van der Waals surface area contributed by atoms with Crippen LogP contribution in [0.1, 0.15) is 29.0 Å². The van der Waals surface area contributed by atoms with Crippen molar-refractivity contribution >= 4 is 24.6 Å². The first-order valence-electron chi connectivity index (χ1n) is 8.54. The van der Waals surface area contributed by atoms with Crippen LogP contribution in [0.3, 0.4) is 0 Å². The fourth-order valence-corrected chi connectivity index (χ4v) is 3.48. The monoisotopic (exact) mass is 384 g/mol. The maximum atomic E-state index is 12.4.